The molecule has 0 unspecified atom stereocenters. The lowest BCUT2D eigenvalue weighted by Crippen LogP contribution is -2.40. The first kappa shape index (κ1) is 16.6. The Morgan fingerprint density at radius 1 is 1.17 bits per heavy atom. The number of fused-ring (bicyclic) bond motifs is 1. The second kappa shape index (κ2) is 5.98. The Morgan fingerprint density at radius 3 is 2.46 bits per heavy atom. The highest BCUT2D eigenvalue weighted by Gasteiger charge is 2.21. The first-order valence-corrected chi connectivity index (χ1v) is 8.50. The average Bonchev–Trinajstić information content (AvgIpc) is 2.93. The van der Waals surface area contributed by atoms with Crippen LogP contribution in [0.25, 0.3) is 11.0 Å². The smallest absolute Gasteiger partial charge is 0.277 e. The third kappa shape index (κ3) is 3.03. The van der Waals surface area contributed by atoms with Gasteiger partial charge in [0.15, 0.2) is 0 Å². The molecular formula is C17H20N4O2S. The van der Waals surface area contributed by atoms with E-state index in [1.54, 1.807) is 4.57 Å². The molecule has 2 aromatic heterocycles. The molecule has 2 heterocycles. The van der Waals surface area contributed by atoms with Gasteiger partial charge in [-0.1, -0.05) is 50.7 Å². The van der Waals surface area contributed by atoms with E-state index >= 15 is 0 Å². The molecule has 1 aromatic carbocycles. The van der Waals surface area contributed by atoms with E-state index < -0.39 is 0 Å². The fourth-order valence-corrected chi connectivity index (χ4v) is 3.43. The summed E-state index contributed by atoms with van der Waals surface area (Å²) in [5, 5.41) is 8.21. The second-order valence-electron chi connectivity index (χ2n) is 6.96. The highest BCUT2D eigenvalue weighted by atomic mass is 32.2. The van der Waals surface area contributed by atoms with Gasteiger partial charge >= 0.3 is 5.69 Å². The zero-order chi connectivity index (χ0) is 17.5. The van der Waals surface area contributed by atoms with Crippen molar-refractivity contribution in [1.29, 1.82) is 0 Å². The van der Waals surface area contributed by atoms with Crippen LogP contribution in [0, 0.1) is 5.41 Å². The Kier molecular flexibility index (Phi) is 4.13. The fraction of sp³-hybridized carbons (Fsp3) is 0.353. The summed E-state index contributed by atoms with van der Waals surface area (Å²) in [5.74, 6) is 0. The number of nitrogens with one attached hydrogen (secondary N) is 1. The molecule has 0 saturated heterocycles. The largest absolute Gasteiger partial charge is 0.332 e. The molecule has 24 heavy (non-hydrogen) atoms. The van der Waals surface area contributed by atoms with E-state index in [2.05, 4.69) is 10.2 Å². The lowest BCUT2D eigenvalue weighted by Gasteiger charge is -2.20. The van der Waals surface area contributed by atoms with Gasteiger partial charge in [0.1, 0.15) is 16.1 Å². The lowest BCUT2D eigenvalue weighted by molar-refractivity contribution is 0.337. The van der Waals surface area contributed by atoms with Gasteiger partial charge in [-0.25, -0.2) is 4.79 Å². The number of benzene rings is 1. The predicted molar refractivity (Wildman–Crippen MR) is 95.6 cm³/mol. The molecule has 126 valence electrons. The number of nitrogens with zero attached hydrogens (tertiary/aromatic N) is 3. The summed E-state index contributed by atoms with van der Waals surface area (Å²) < 4.78 is 2.75. The van der Waals surface area contributed by atoms with Crippen LogP contribution in [0.15, 0.2) is 49.8 Å². The fourth-order valence-electron chi connectivity index (χ4n) is 2.53. The van der Waals surface area contributed by atoms with Gasteiger partial charge in [-0.15, -0.1) is 0 Å². The van der Waals surface area contributed by atoms with Crippen molar-refractivity contribution >= 4 is 22.8 Å². The van der Waals surface area contributed by atoms with Gasteiger partial charge < -0.3 is 0 Å². The summed E-state index contributed by atoms with van der Waals surface area (Å²) in [6.07, 6.45) is 0. The van der Waals surface area contributed by atoms with E-state index in [-0.39, 0.29) is 16.7 Å². The van der Waals surface area contributed by atoms with Crippen LogP contribution in [0.2, 0.25) is 0 Å². The summed E-state index contributed by atoms with van der Waals surface area (Å²) in [6, 6.07) is 9.73. The van der Waals surface area contributed by atoms with Crippen LogP contribution in [0.1, 0.15) is 20.8 Å². The molecule has 1 N–H and O–H groups in total. The molecular weight excluding hydrogens is 324 g/mol. The molecule has 6 nitrogen and oxygen atoms in total. The number of hydrogen-bond donors (Lipinski definition) is 1. The van der Waals surface area contributed by atoms with E-state index in [4.69, 9.17) is 0 Å². The maximum absolute atomic E-state index is 12.6. The van der Waals surface area contributed by atoms with Crippen molar-refractivity contribution in [3.8, 4) is 0 Å². The number of aromatic nitrogens is 4. The minimum Gasteiger partial charge on any atom is -0.277 e. The van der Waals surface area contributed by atoms with E-state index in [1.165, 1.54) is 18.8 Å². The third-order valence-corrected chi connectivity index (χ3v) is 4.61. The summed E-state index contributed by atoms with van der Waals surface area (Å²) in [5.41, 5.74) is -0.280. The lowest BCUT2D eigenvalue weighted by atomic mass is 9.97. The van der Waals surface area contributed by atoms with E-state index in [9.17, 15) is 9.59 Å². The SMILES string of the molecule is Cn1c(=O)c2c(Sc3ccccc3)n[nH]c2n(CC(C)(C)C)c1=O. The van der Waals surface area contributed by atoms with Gasteiger partial charge in [-0.2, -0.15) is 5.10 Å². The van der Waals surface area contributed by atoms with Crippen molar-refractivity contribution in [2.45, 2.75) is 37.2 Å². The quantitative estimate of drug-likeness (QED) is 0.793. The van der Waals surface area contributed by atoms with Crippen molar-refractivity contribution in [3.63, 3.8) is 0 Å². The van der Waals surface area contributed by atoms with Crippen molar-refractivity contribution in [2.24, 2.45) is 12.5 Å². The first-order valence-electron chi connectivity index (χ1n) is 7.69. The predicted octanol–water partition coefficient (Wildman–Crippen LogP) is 2.62. The zero-order valence-corrected chi connectivity index (χ0v) is 15.0. The van der Waals surface area contributed by atoms with E-state index in [1.807, 2.05) is 51.1 Å². The van der Waals surface area contributed by atoms with Gasteiger partial charge in [-0.05, 0) is 17.5 Å². The van der Waals surface area contributed by atoms with Crippen molar-refractivity contribution in [3.05, 3.63) is 51.2 Å². The normalized spacial score (nSPS) is 12.0. The number of rotatable bonds is 3. The van der Waals surface area contributed by atoms with Crippen LogP contribution in [-0.2, 0) is 13.6 Å². The molecule has 0 aliphatic heterocycles. The molecule has 0 bridgehead atoms. The summed E-state index contributed by atoms with van der Waals surface area (Å²) in [7, 11) is 1.51. The number of H-pyrrole nitrogens is 1. The Labute approximate surface area is 143 Å². The minimum absolute atomic E-state index is 0.105. The molecule has 0 spiro atoms. The highest BCUT2D eigenvalue weighted by molar-refractivity contribution is 7.99. The van der Waals surface area contributed by atoms with Gasteiger partial charge in [-0.3, -0.25) is 19.0 Å². The molecule has 3 rings (SSSR count). The summed E-state index contributed by atoms with van der Waals surface area (Å²) in [4.78, 5) is 26.1. The molecule has 0 amide bonds. The first-order chi connectivity index (χ1) is 11.3. The Bertz CT molecular complexity index is 994. The molecule has 0 atom stereocenters. The molecule has 7 heteroatoms. The van der Waals surface area contributed by atoms with Gasteiger partial charge in [0, 0.05) is 18.5 Å². The molecule has 0 aliphatic carbocycles. The van der Waals surface area contributed by atoms with Crippen LogP contribution in [0.5, 0.6) is 0 Å². The summed E-state index contributed by atoms with van der Waals surface area (Å²) in [6.45, 7) is 6.64. The topological polar surface area (TPSA) is 72.7 Å². The Hall–Kier alpha value is -2.28. The van der Waals surface area contributed by atoms with Crippen LogP contribution in [0.4, 0.5) is 0 Å². The number of aromatic amines is 1. The van der Waals surface area contributed by atoms with Crippen LogP contribution >= 0.6 is 11.8 Å². The average molecular weight is 344 g/mol. The van der Waals surface area contributed by atoms with Crippen LogP contribution in [0.3, 0.4) is 0 Å². The van der Waals surface area contributed by atoms with E-state index in [0.29, 0.717) is 22.6 Å². The zero-order valence-electron chi connectivity index (χ0n) is 14.2. The number of hydrogen-bond acceptors (Lipinski definition) is 4. The monoisotopic (exact) mass is 344 g/mol. The summed E-state index contributed by atoms with van der Waals surface area (Å²) >= 11 is 1.41. The Balaban J connectivity index is 2.22. The van der Waals surface area contributed by atoms with Gasteiger partial charge in [0.2, 0.25) is 0 Å². The maximum atomic E-state index is 12.6. The maximum Gasteiger partial charge on any atom is 0.332 e. The van der Waals surface area contributed by atoms with Crippen molar-refractivity contribution in [2.75, 3.05) is 0 Å². The molecule has 0 saturated carbocycles. The Morgan fingerprint density at radius 2 is 1.83 bits per heavy atom. The van der Waals surface area contributed by atoms with Crippen LogP contribution in [-0.4, -0.2) is 19.3 Å². The van der Waals surface area contributed by atoms with Gasteiger partial charge in [0.05, 0.1) is 0 Å². The standard InChI is InChI=1S/C17H20N4O2S/c1-17(2,3)10-21-13-12(15(22)20(4)16(21)23)14(19-18-13)24-11-8-6-5-7-9-11/h5-9H,10H2,1-4H3,(H,18,19). The molecule has 3 aromatic rings. The van der Waals surface area contributed by atoms with E-state index in [0.717, 1.165) is 9.46 Å². The molecule has 0 fully saturated rings. The molecule has 0 radical (unpaired) electrons. The third-order valence-electron chi connectivity index (χ3n) is 3.61. The van der Waals surface area contributed by atoms with Crippen LogP contribution < -0.4 is 11.2 Å². The van der Waals surface area contributed by atoms with Gasteiger partial charge in [0.25, 0.3) is 5.56 Å². The molecule has 0 aliphatic rings. The second-order valence-corrected chi connectivity index (χ2v) is 8.02. The highest BCUT2D eigenvalue weighted by Crippen LogP contribution is 2.30. The van der Waals surface area contributed by atoms with Crippen molar-refractivity contribution < 1.29 is 0 Å². The van der Waals surface area contributed by atoms with Crippen molar-refractivity contribution in [1.82, 2.24) is 19.3 Å². The minimum atomic E-state index is -0.331.